The van der Waals surface area contributed by atoms with Crippen LogP contribution < -0.4 is 5.32 Å². The minimum Gasteiger partial charge on any atom is -0.314 e. The number of aromatic nitrogens is 2. The third-order valence-electron chi connectivity index (χ3n) is 3.84. The molecule has 0 radical (unpaired) electrons. The number of nitrogens with zero attached hydrogens (tertiary/aromatic N) is 3. The van der Waals surface area contributed by atoms with Gasteiger partial charge in [-0.15, -0.1) is 0 Å². The second-order valence-corrected chi connectivity index (χ2v) is 5.14. The maximum atomic E-state index is 4.65. The lowest BCUT2D eigenvalue weighted by molar-refractivity contribution is 0.206. The van der Waals surface area contributed by atoms with Gasteiger partial charge in [-0.1, -0.05) is 0 Å². The Bertz CT molecular complexity index is 377. The molecule has 1 aromatic rings. The van der Waals surface area contributed by atoms with Gasteiger partial charge >= 0.3 is 0 Å². The fraction of sp³-hybridized carbons (Fsp3) is 0.769. The smallest absolute Gasteiger partial charge is 0.0625 e. The monoisotopic (exact) mass is 236 g/mol. The molecule has 4 nitrogen and oxygen atoms in total. The first-order valence-corrected chi connectivity index (χ1v) is 6.55. The van der Waals surface area contributed by atoms with Gasteiger partial charge in [0.15, 0.2) is 0 Å². The van der Waals surface area contributed by atoms with E-state index in [2.05, 4.69) is 47.7 Å². The molecule has 2 heterocycles. The molecule has 1 aliphatic heterocycles. The molecule has 0 aliphatic carbocycles. The van der Waals surface area contributed by atoms with Gasteiger partial charge < -0.3 is 5.32 Å². The Morgan fingerprint density at radius 1 is 1.24 bits per heavy atom. The summed E-state index contributed by atoms with van der Waals surface area (Å²) in [5.41, 5.74) is 3.80. The fourth-order valence-corrected chi connectivity index (χ4v) is 2.52. The summed E-state index contributed by atoms with van der Waals surface area (Å²) in [4.78, 5) is 2.52. The van der Waals surface area contributed by atoms with Crippen molar-refractivity contribution in [1.29, 1.82) is 0 Å². The Morgan fingerprint density at radius 2 is 1.88 bits per heavy atom. The SMILES string of the molecule is Cc1nn(C(C)CN2CCNCC2)c(C)c1C. The number of piperazine rings is 1. The Balaban J connectivity index is 2.03. The molecule has 4 heteroatoms. The average Bonchev–Trinajstić information content (AvgIpc) is 2.58. The first-order chi connectivity index (χ1) is 8.09. The first kappa shape index (κ1) is 12.6. The summed E-state index contributed by atoms with van der Waals surface area (Å²) < 4.78 is 2.19. The Labute approximate surface area is 104 Å². The highest BCUT2D eigenvalue weighted by Gasteiger charge is 2.17. The normalized spacial score (nSPS) is 19.5. The van der Waals surface area contributed by atoms with Crippen LogP contribution in [-0.4, -0.2) is 47.4 Å². The second kappa shape index (κ2) is 5.19. The van der Waals surface area contributed by atoms with Gasteiger partial charge in [0.2, 0.25) is 0 Å². The molecule has 0 bridgehead atoms. The third-order valence-corrected chi connectivity index (χ3v) is 3.84. The topological polar surface area (TPSA) is 33.1 Å². The Morgan fingerprint density at radius 3 is 2.41 bits per heavy atom. The van der Waals surface area contributed by atoms with Gasteiger partial charge in [-0.3, -0.25) is 9.58 Å². The van der Waals surface area contributed by atoms with Crippen LogP contribution in [-0.2, 0) is 0 Å². The largest absolute Gasteiger partial charge is 0.314 e. The lowest BCUT2D eigenvalue weighted by Crippen LogP contribution is -2.45. The molecule has 2 rings (SSSR count). The molecule has 1 aliphatic rings. The molecule has 0 spiro atoms. The molecule has 1 saturated heterocycles. The van der Waals surface area contributed by atoms with Gasteiger partial charge in [0.25, 0.3) is 0 Å². The molecular weight excluding hydrogens is 212 g/mol. The summed E-state index contributed by atoms with van der Waals surface area (Å²) in [6.07, 6.45) is 0. The van der Waals surface area contributed by atoms with E-state index in [1.807, 2.05) is 0 Å². The van der Waals surface area contributed by atoms with Gasteiger partial charge in [-0.25, -0.2) is 0 Å². The molecule has 1 N–H and O–H groups in total. The summed E-state index contributed by atoms with van der Waals surface area (Å²) in [6.45, 7) is 14.3. The maximum absolute atomic E-state index is 4.65. The highest BCUT2D eigenvalue weighted by Crippen LogP contribution is 2.17. The van der Waals surface area contributed by atoms with Crippen molar-refractivity contribution < 1.29 is 0 Å². The minimum atomic E-state index is 0.459. The minimum absolute atomic E-state index is 0.459. The van der Waals surface area contributed by atoms with Gasteiger partial charge in [-0.05, 0) is 33.3 Å². The van der Waals surface area contributed by atoms with Crippen LogP contribution in [0, 0.1) is 20.8 Å². The van der Waals surface area contributed by atoms with Crippen molar-refractivity contribution >= 4 is 0 Å². The van der Waals surface area contributed by atoms with Crippen LogP contribution in [0.25, 0.3) is 0 Å². The van der Waals surface area contributed by atoms with E-state index in [1.54, 1.807) is 0 Å². The summed E-state index contributed by atoms with van der Waals surface area (Å²) in [5, 5.41) is 8.04. The number of hydrogen-bond donors (Lipinski definition) is 1. The van der Waals surface area contributed by atoms with Crippen molar-refractivity contribution in [2.75, 3.05) is 32.7 Å². The van der Waals surface area contributed by atoms with Crippen LogP contribution in [0.3, 0.4) is 0 Å². The van der Waals surface area contributed by atoms with Gasteiger partial charge in [-0.2, -0.15) is 5.10 Å². The first-order valence-electron chi connectivity index (χ1n) is 6.55. The lowest BCUT2D eigenvalue weighted by atomic mass is 10.2. The van der Waals surface area contributed by atoms with Crippen molar-refractivity contribution in [1.82, 2.24) is 20.0 Å². The Hall–Kier alpha value is -0.870. The predicted octanol–water partition coefficient (Wildman–Crippen LogP) is 1.27. The van der Waals surface area contributed by atoms with Crippen LogP contribution in [0.5, 0.6) is 0 Å². The lowest BCUT2D eigenvalue weighted by Gasteiger charge is -2.30. The maximum Gasteiger partial charge on any atom is 0.0625 e. The van der Waals surface area contributed by atoms with Crippen LogP contribution in [0.1, 0.15) is 29.9 Å². The van der Waals surface area contributed by atoms with Crippen LogP contribution in [0.4, 0.5) is 0 Å². The van der Waals surface area contributed by atoms with Crippen molar-refractivity contribution in [3.63, 3.8) is 0 Å². The van der Waals surface area contributed by atoms with Crippen molar-refractivity contribution in [3.8, 4) is 0 Å². The molecule has 1 aromatic heterocycles. The van der Waals surface area contributed by atoms with Crippen molar-refractivity contribution in [3.05, 3.63) is 17.0 Å². The Kier molecular flexibility index (Phi) is 3.84. The fourth-order valence-electron chi connectivity index (χ4n) is 2.52. The van der Waals surface area contributed by atoms with E-state index in [1.165, 1.54) is 11.3 Å². The molecule has 1 atom stereocenters. The second-order valence-electron chi connectivity index (χ2n) is 5.14. The number of rotatable bonds is 3. The summed E-state index contributed by atoms with van der Waals surface area (Å²) in [7, 11) is 0. The molecule has 17 heavy (non-hydrogen) atoms. The number of aryl methyl sites for hydroxylation is 1. The summed E-state index contributed by atoms with van der Waals surface area (Å²) in [5.74, 6) is 0. The van der Waals surface area contributed by atoms with E-state index >= 15 is 0 Å². The zero-order valence-electron chi connectivity index (χ0n) is 11.5. The molecule has 0 saturated carbocycles. The van der Waals surface area contributed by atoms with Crippen LogP contribution in [0.2, 0.25) is 0 Å². The quantitative estimate of drug-likeness (QED) is 0.858. The summed E-state index contributed by atoms with van der Waals surface area (Å²) in [6, 6.07) is 0.459. The number of nitrogens with one attached hydrogen (secondary N) is 1. The van der Waals surface area contributed by atoms with E-state index in [0.717, 1.165) is 38.4 Å². The van der Waals surface area contributed by atoms with E-state index in [0.29, 0.717) is 6.04 Å². The molecule has 1 unspecified atom stereocenters. The van der Waals surface area contributed by atoms with Crippen LogP contribution >= 0.6 is 0 Å². The number of hydrogen-bond acceptors (Lipinski definition) is 3. The van der Waals surface area contributed by atoms with Gasteiger partial charge in [0.05, 0.1) is 11.7 Å². The van der Waals surface area contributed by atoms with Crippen molar-refractivity contribution in [2.24, 2.45) is 0 Å². The van der Waals surface area contributed by atoms with E-state index in [9.17, 15) is 0 Å². The highest BCUT2D eigenvalue weighted by atomic mass is 15.3. The third kappa shape index (κ3) is 2.69. The highest BCUT2D eigenvalue weighted by molar-refractivity contribution is 5.22. The molecule has 0 aromatic carbocycles. The zero-order valence-corrected chi connectivity index (χ0v) is 11.5. The van der Waals surface area contributed by atoms with Gasteiger partial charge in [0, 0.05) is 38.4 Å². The molecule has 0 amide bonds. The standard InChI is InChI=1S/C13H24N4/c1-10(9-16-7-5-14-6-8-16)17-13(4)11(2)12(3)15-17/h10,14H,5-9H2,1-4H3. The van der Waals surface area contributed by atoms with E-state index in [4.69, 9.17) is 0 Å². The van der Waals surface area contributed by atoms with Gasteiger partial charge in [0.1, 0.15) is 0 Å². The zero-order chi connectivity index (χ0) is 12.4. The van der Waals surface area contributed by atoms with Crippen molar-refractivity contribution in [2.45, 2.75) is 33.7 Å². The predicted molar refractivity (Wildman–Crippen MR) is 70.5 cm³/mol. The van der Waals surface area contributed by atoms with Crippen LogP contribution in [0.15, 0.2) is 0 Å². The average molecular weight is 236 g/mol. The summed E-state index contributed by atoms with van der Waals surface area (Å²) >= 11 is 0. The molecule has 96 valence electrons. The van der Waals surface area contributed by atoms with E-state index < -0.39 is 0 Å². The molecular formula is C13H24N4. The van der Waals surface area contributed by atoms with E-state index in [-0.39, 0.29) is 0 Å². The molecule has 1 fully saturated rings.